The summed E-state index contributed by atoms with van der Waals surface area (Å²) in [6.07, 6.45) is -3.75. The van der Waals surface area contributed by atoms with Crippen LogP contribution in [-0.2, 0) is 23.8 Å². The molecule has 8 nitrogen and oxygen atoms in total. The molecule has 2 aromatic rings. The molecule has 0 radical (unpaired) electrons. The molecular formula is C26H34ClNO7S. The molecule has 0 amide bonds. The van der Waals surface area contributed by atoms with Crippen molar-refractivity contribution in [3.05, 3.63) is 28.8 Å². The molecule has 0 aliphatic carbocycles. The van der Waals surface area contributed by atoms with Crippen molar-refractivity contribution in [1.82, 2.24) is 4.98 Å². The van der Waals surface area contributed by atoms with Gasteiger partial charge in [0, 0.05) is 18.8 Å². The second kappa shape index (κ2) is 10.3. The topological polar surface area (TPSA) is 118 Å². The van der Waals surface area contributed by atoms with Gasteiger partial charge in [0.05, 0.1) is 52.0 Å². The molecule has 1 aromatic heterocycles. The SMILES string of the molecule is Cc1nc2cc([C@@H]3C[C@H]4O[C@@]4(Cl)CCO[C@@H](C)[C@@H](O)[C@@H](C)C(=O)C(C)(C)[C@@H](O)CC(=O)O3)ccc2s1. The molecule has 198 valence electrons. The molecule has 2 aliphatic heterocycles. The largest absolute Gasteiger partial charge is 0.457 e. The molecule has 4 rings (SSSR count). The van der Waals surface area contributed by atoms with E-state index in [4.69, 9.17) is 25.8 Å². The third kappa shape index (κ3) is 5.61. The van der Waals surface area contributed by atoms with E-state index in [0.717, 1.165) is 20.8 Å². The number of esters is 1. The van der Waals surface area contributed by atoms with Gasteiger partial charge in [0.1, 0.15) is 18.0 Å². The molecule has 7 atom stereocenters. The summed E-state index contributed by atoms with van der Waals surface area (Å²) in [5.74, 6) is -1.82. The molecule has 0 spiro atoms. The number of Topliss-reactive ketones (excluding diaryl/α,β-unsaturated/α-hetero) is 1. The van der Waals surface area contributed by atoms with Crippen LogP contribution < -0.4 is 0 Å². The van der Waals surface area contributed by atoms with Gasteiger partial charge in [-0.2, -0.15) is 0 Å². The standard InChI is InChI=1S/C26H34ClNO7S/c1-13-23(31)14(2)33-9-8-26(27)21(35-26)11-18(16-6-7-19-17(10-16)28-15(3)36-19)34-22(30)12-20(29)25(4,5)24(13)32/h6-7,10,13-14,18,20-21,23,29,31H,8-9,11-12H2,1-5H3/t13-,14+,18+,20+,21-,23+,26+/m1/s1. The van der Waals surface area contributed by atoms with Crippen LogP contribution in [0.15, 0.2) is 18.2 Å². The molecule has 3 heterocycles. The number of hydrogen-bond donors (Lipinski definition) is 2. The summed E-state index contributed by atoms with van der Waals surface area (Å²) in [7, 11) is 0. The first-order chi connectivity index (χ1) is 16.8. The lowest BCUT2D eigenvalue weighted by Gasteiger charge is -2.34. The van der Waals surface area contributed by atoms with E-state index in [1.165, 1.54) is 0 Å². The van der Waals surface area contributed by atoms with Crippen LogP contribution in [0.2, 0.25) is 0 Å². The maximum atomic E-state index is 13.2. The molecule has 10 heteroatoms. The molecule has 2 fully saturated rings. The minimum Gasteiger partial charge on any atom is -0.457 e. The minimum absolute atomic E-state index is 0.222. The predicted molar refractivity (Wildman–Crippen MR) is 136 cm³/mol. The van der Waals surface area contributed by atoms with Gasteiger partial charge in [0.15, 0.2) is 5.06 Å². The number of aliphatic hydroxyl groups excluding tert-OH is 2. The van der Waals surface area contributed by atoms with Crippen LogP contribution >= 0.6 is 22.9 Å². The van der Waals surface area contributed by atoms with Crippen molar-refractivity contribution in [3.8, 4) is 0 Å². The number of carbonyl (C=O) groups is 2. The highest BCUT2D eigenvalue weighted by Gasteiger charge is 2.56. The number of aryl methyl sites for hydroxylation is 1. The van der Waals surface area contributed by atoms with Crippen LogP contribution in [0.25, 0.3) is 10.2 Å². The van der Waals surface area contributed by atoms with Crippen molar-refractivity contribution in [2.75, 3.05) is 6.61 Å². The van der Waals surface area contributed by atoms with Crippen molar-refractivity contribution < 1.29 is 34.0 Å². The Morgan fingerprint density at radius 2 is 1.92 bits per heavy atom. The number of alkyl halides is 1. The summed E-state index contributed by atoms with van der Waals surface area (Å²) in [4.78, 5) is 30.7. The van der Waals surface area contributed by atoms with Gasteiger partial charge in [-0.05, 0) is 31.5 Å². The lowest BCUT2D eigenvalue weighted by molar-refractivity contribution is -0.157. The van der Waals surface area contributed by atoms with Crippen LogP contribution in [0.1, 0.15) is 63.6 Å². The number of fused-ring (bicyclic) bond motifs is 2. The quantitative estimate of drug-likeness (QED) is 0.316. The Labute approximate surface area is 219 Å². The first-order valence-electron chi connectivity index (χ1n) is 12.3. The number of benzene rings is 1. The Morgan fingerprint density at radius 3 is 2.64 bits per heavy atom. The van der Waals surface area contributed by atoms with Crippen LogP contribution in [0, 0.1) is 18.3 Å². The van der Waals surface area contributed by atoms with E-state index in [1.807, 2.05) is 25.1 Å². The number of halogens is 1. The molecule has 2 aliphatic rings. The highest BCUT2D eigenvalue weighted by Crippen LogP contribution is 2.49. The molecule has 0 bridgehead atoms. The van der Waals surface area contributed by atoms with Crippen LogP contribution in [0.5, 0.6) is 0 Å². The van der Waals surface area contributed by atoms with Crippen molar-refractivity contribution in [1.29, 1.82) is 0 Å². The fourth-order valence-electron chi connectivity index (χ4n) is 4.77. The van der Waals surface area contributed by atoms with E-state index in [-0.39, 0.29) is 24.9 Å². The Kier molecular flexibility index (Phi) is 7.82. The van der Waals surface area contributed by atoms with Gasteiger partial charge >= 0.3 is 5.97 Å². The Morgan fingerprint density at radius 1 is 1.19 bits per heavy atom. The summed E-state index contributed by atoms with van der Waals surface area (Å²) in [6, 6.07) is 5.74. The highest BCUT2D eigenvalue weighted by molar-refractivity contribution is 7.18. The van der Waals surface area contributed by atoms with Gasteiger partial charge in [0.25, 0.3) is 0 Å². The Hall–Kier alpha value is -1.62. The van der Waals surface area contributed by atoms with Gasteiger partial charge in [-0.15, -0.1) is 11.3 Å². The number of epoxide rings is 1. The van der Waals surface area contributed by atoms with Crippen molar-refractivity contribution >= 4 is 44.9 Å². The number of nitrogens with zero attached hydrogens (tertiary/aromatic N) is 1. The van der Waals surface area contributed by atoms with E-state index in [2.05, 4.69) is 4.98 Å². The third-order valence-electron chi connectivity index (χ3n) is 7.41. The number of hydrogen-bond acceptors (Lipinski definition) is 9. The summed E-state index contributed by atoms with van der Waals surface area (Å²) in [6.45, 7) is 8.58. The van der Waals surface area contributed by atoms with E-state index in [9.17, 15) is 19.8 Å². The fraction of sp³-hybridized carbons (Fsp3) is 0.654. The van der Waals surface area contributed by atoms with Crippen LogP contribution in [0.3, 0.4) is 0 Å². The lowest BCUT2D eigenvalue weighted by Crippen LogP contribution is -2.47. The van der Waals surface area contributed by atoms with Gasteiger partial charge < -0.3 is 24.4 Å². The van der Waals surface area contributed by atoms with Gasteiger partial charge in [-0.25, -0.2) is 4.98 Å². The van der Waals surface area contributed by atoms with Crippen LogP contribution in [0.4, 0.5) is 0 Å². The first kappa shape index (κ1) is 27.4. The molecule has 2 N–H and O–H groups in total. The summed E-state index contributed by atoms with van der Waals surface area (Å²) < 4.78 is 18.4. The lowest BCUT2D eigenvalue weighted by atomic mass is 9.74. The number of aliphatic hydroxyl groups is 2. The summed E-state index contributed by atoms with van der Waals surface area (Å²) >= 11 is 8.23. The first-order valence-corrected chi connectivity index (χ1v) is 13.5. The molecular weight excluding hydrogens is 506 g/mol. The van der Waals surface area contributed by atoms with Crippen molar-refractivity contribution in [2.45, 2.75) is 89.5 Å². The van der Waals surface area contributed by atoms with Crippen molar-refractivity contribution in [3.63, 3.8) is 0 Å². The fourth-order valence-corrected chi connectivity index (χ4v) is 5.85. The molecule has 1 aromatic carbocycles. The molecule has 2 saturated heterocycles. The van der Waals surface area contributed by atoms with E-state index < -0.39 is 46.8 Å². The van der Waals surface area contributed by atoms with Gasteiger partial charge in [-0.1, -0.05) is 38.4 Å². The summed E-state index contributed by atoms with van der Waals surface area (Å²) in [5.41, 5.74) is 0.283. The number of carbonyl (C=O) groups excluding carboxylic acids is 2. The number of rotatable bonds is 1. The van der Waals surface area contributed by atoms with E-state index >= 15 is 0 Å². The number of thiazole rings is 1. The highest BCUT2D eigenvalue weighted by atomic mass is 35.5. The molecule has 0 unspecified atom stereocenters. The van der Waals surface area contributed by atoms with Crippen LogP contribution in [-0.4, -0.2) is 63.0 Å². The number of ether oxygens (including phenoxy) is 3. The average Bonchev–Trinajstić information content (AvgIpc) is 3.28. The Bertz CT molecular complexity index is 1140. The zero-order valence-electron chi connectivity index (χ0n) is 21.2. The zero-order chi connectivity index (χ0) is 26.4. The summed E-state index contributed by atoms with van der Waals surface area (Å²) in [5, 5.41) is 21.5. The van der Waals surface area contributed by atoms with Crippen molar-refractivity contribution in [2.24, 2.45) is 11.3 Å². The van der Waals surface area contributed by atoms with E-state index in [0.29, 0.717) is 12.8 Å². The normalized spacial score (nSPS) is 36.3. The molecule has 36 heavy (non-hydrogen) atoms. The minimum atomic E-state index is -1.30. The monoisotopic (exact) mass is 539 g/mol. The predicted octanol–water partition coefficient (Wildman–Crippen LogP) is 4.07. The number of cyclic esters (lactones) is 1. The third-order valence-corrected chi connectivity index (χ3v) is 8.89. The maximum Gasteiger partial charge on any atom is 0.309 e. The average molecular weight is 540 g/mol. The van der Waals surface area contributed by atoms with E-state index in [1.54, 1.807) is 39.0 Å². The maximum absolute atomic E-state index is 13.2. The van der Waals surface area contributed by atoms with Gasteiger partial charge in [0.2, 0.25) is 0 Å². The number of ketones is 1. The smallest absolute Gasteiger partial charge is 0.309 e. The number of aromatic nitrogens is 1. The Balaban J connectivity index is 1.61. The molecule has 0 saturated carbocycles. The second-order valence-corrected chi connectivity index (χ2v) is 12.4. The van der Waals surface area contributed by atoms with Gasteiger partial charge in [-0.3, -0.25) is 9.59 Å². The second-order valence-electron chi connectivity index (χ2n) is 10.5. The zero-order valence-corrected chi connectivity index (χ0v) is 22.8.